The summed E-state index contributed by atoms with van der Waals surface area (Å²) in [6.07, 6.45) is 4.71. The smallest absolute Gasteiger partial charge is 0.0635 e. The highest BCUT2D eigenvalue weighted by Gasteiger charge is 2.36. The Balaban J connectivity index is 2.26. The maximum Gasteiger partial charge on any atom is 0.0635 e. The summed E-state index contributed by atoms with van der Waals surface area (Å²) < 4.78 is 0. The molecule has 0 radical (unpaired) electrons. The van der Waals surface area contributed by atoms with E-state index in [4.69, 9.17) is 5.26 Å². The summed E-state index contributed by atoms with van der Waals surface area (Å²) in [6.45, 7) is 2.05. The van der Waals surface area contributed by atoms with Crippen molar-refractivity contribution in [2.24, 2.45) is 5.41 Å². The third kappa shape index (κ3) is 2.96. The van der Waals surface area contributed by atoms with E-state index in [1.54, 1.807) is 0 Å². The Labute approximate surface area is 89.0 Å². The second-order valence-electron chi connectivity index (χ2n) is 4.13. The summed E-state index contributed by atoms with van der Waals surface area (Å²) in [5.41, 5.74) is 0.518. The van der Waals surface area contributed by atoms with Gasteiger partial charge in [0.05, 0.1) is 6.07 Å². The number of rotatable bonds is 5. The van der Waals surface area contributed by atoms with Crippen LogP contribution in [0.2, 0.25) is 0 Å². The maximum atomic E-state index is 8.46. The van der Waals surface area contributed by atoms with Gasteiger partial charge in [0.1, 0.15) is 0 Å². The van der Waals surface area contributed by atoms with Crippen molar-refractivity contribution in [3.8, 4) is 6.07 Å². The third-order valence-corrected chi connectivity index (χ3v) is 4.10. The van der Waals surface area contributed by atoms with Crippen LogP contribution in [0.15, 0.2) is 0 Å². The van der Waals surface area contributed by atoms with Crippen molar-refractivity contribution < 1.29 is 0 Å². The fraction of sp³-hybridized carbons (Fsp3) is 0.900. The molecule has 0 aromatic rings. The van der Waals surface area contributed by atoms with Crippen LogP contribution in [0.3, 0.4) is 0 Å². The van der Waals surface area contributed by atoms with Gasteiger partial charge in [0, 0.05) is 24.8 Å². The zero-order valence-electron chi connectivity index (χ0n) is 8.22. The maximum absolute atomic E-state index is 8.46. The summed E-state index contributed by atoms with van der Waals surface area (Å²) in [7, 11) is 2.11. The number of hydrogen-bond acceptors (Lipinski definition) is 2. The van der Waals surface area contributed by atoms with E-state index in [0.717, 1.165) is 18.4 Å². The molecular formula is C10H17BrN2. The first-order chi connectivity index (χ1) is 6.22. The number of halogens is 1. The molecule has 0 atom stereocenters. The Morgan fingerprint density at radius 1 is 1.54 bits per heavy atom. The summed E-state index contributed by atoms with van der Waals surface area (Å²) in [4.78, 5) is 2.28. The van der Waals surface area contributed by atoms with Crippen LogP contribution in [0.25, 0.3) is 0 Å². The largest absolute Gasteiger partial charge is 0.305 e. The molecule has 0 unspecified atom stereocenters. The van der Waals surface area contributed by atoms with Crippen LogP contribution in [0.4, 0.5) is 0 Å². The van der Waals surface area contributed by atoms with Crippen LogP contribution in [-0.4, -0.2) is 30.4 Å². The Kier molecular flexibility index (Phi) is 4.21. The van der Waals surface area contributed by atoms with E-state index >= 15 is 0 Å². The fourth-order valence-electron chi connectivity index (χ4n) is 1.90. The molecule has 0 N–H and O–H groups in total. The molecule has 3 heteroatoms. The predicted octanol–water partition coefficient (Wildman–Crippen LogP) is 2.40. The van der Waals surface area contributed by atoms with Gasteiger partial charge >= 0.3 is 0 Å². The molecule has 1 saturated carbocycles. The minimum absolute atomic E-state index is 0.518. The van der Waals surface area contributed by atoms with E-state index < -0.39 is 0 Å². The summed E-state index contributed by atoms with van der Waals surface area (Å²) in [6, 6.07) is 2.19. The molecule has 1 rings (SSSR count). The fourth-order valence-corrected chi connectivity index (χ4v) is 2.64. The number of nitrogens with zero attached hydrogens (tertiary/aromatic N) is 2. The standard InChI is InChI=1S/C10H17BrN2/c1-13(7-3-6-12)9-10(8-11)4-2-5-10/h2-5,7-9H2,1H3. The van der Waals surface area contributed by atoms with Crippen molar-refractivity contribution in [3.05, 3.63) is 0 Å². The van der Waals surface area contributed by atoms with E-state index in [0.29, 0.717) is 11.8 Å². The Hall–Kier alpha value is -0.0700. The zero-order chi connectivity index (χ0) is 9.73. The topological polar surface area (TPSA) is 27.0 Å². The van der Waals surface area contributed by atoms with Gasteiger partial charge in [-0.05, 0) is 25.3 Å². The van der Waals surface area contributed by atoms with Crippen molar-refractivity contribution in [2.75, 3.05) is 25.5 Å². The van der Waals surface area contributed by atoms with Gasteiger partial charge in [0.25, 0.3) is 0 Å². The SMILES string of the molecule is CN(CCC#N)CC1(CBr)CCC1. The first-order valence-electron chi connectivity index (χ1n) is 4.84. The van der Waals surface area contributed by atoms with E-state index in [1.807, 2.05) is 0 Å². The van der Waals surface area contributed by atoms with Crippen molar-refractivity contribution >= 4 is 15.9 Å². The van der Waals surface area contributed by atoms with Crippen LogP contribution in [0.1, 0.15) is 25.7 Å². The predicted molar refractivity (Wildman–Crippen MR) is 57.8 cm³/mol. The summed E-state index contributed by atoms with van der Waals surface area (Å²) in [5, 5.41) is 9.56. The van der Waals surface area contributed by atoms with Gasteiger partial charge in [-0.3, -0.25) is 0 Å². The van der Waals surface area contributed by atoms with Crippen LogP contribution in [-0.2, 0) is 0 Å². The second kappa shape index (κ2) is 4.97. The lowest BCUT2D eigenvalue weighted by atomic mass is 9.70. The molecule has 2 nitrogen and oxygen atoms in total. The van der Waals surface area contributed by atoms with Crippen LogP contribution < -0.4 is 0 Å². The van der Waals surface area contributed by atoms with Gasteiger partial charge in [-0.25, -0.2) is 0 Å². The average Bonchev–Trinajstić information content (AvgIpc) is 2.08. The lowest BCUT2D eigenvalue weighted by molar-refractivity contribution is 0.107. The third-order valence-electron chi connectivity index (χ3n) is 2.91. The molecule has 1 fully saturated rings. The molecule has 0 heterocycles. The monoisotopic (exact) mass is 244 g/mol. The molecular weight excluding hydrogens is 228 g/mol. The van der Waals surface area contributed by atoms with Crippen LogP contribution in [0, 0.1) is 16.7 Å². The highest BCUT2D eigenvalue weighted by molar-refractivity contribution is 9.09. The second-order valence-corrected chi connectivity index (χ2v) is 4.69. The van der Waals surface area contributed by atoms with Gasteiger partial charge in [0.2, 0.25) is 0 Å². The van der Waals surface area contributed by atoms with Gasteiger partial charge in [-0.1, -0.05) is 22.4 Å². The number of nitriles is 1. The molecule has 13 heavy (non-hydrogen) atoms. The molecule has 1 aliphatic carbocycles. The Morgan fingerprint density at radius 3 is 2.62 bits per heavy atom. The van der Waals surface area contributed by atoms with E-state index in [-0.39, 0.29) is 0 Å². The summed E-state index contributed by atoms with van der Waals surface area (Å²) >= 11 is 3.59. The van der Waals surface area contributed by atoms with Crippen molar-refractivity contribution in [2.45, 2.75) is 25.7 Å². The first-order valence-corrected chi connectivity index (χ1v) is 5.96. The molecule has 0 saturated heterocycles. The van der Waals surface area contributed by atoms with Gasteiger partial charge in [-0.15, -0.1) is 0 Å². The van der Waals surface area contributed by atoms with E-state index in [1.165, 1.54) is 19.3 Å². The number of hydrogen-bond donors (Lipinski definition) is 0. The molecule has 1 aliphatic rings. The zero-order valence-corrected chi connectivity index (χ0v) is 9.81. The summed E-state index contributed by atoms with van der Waals surface area (Å²) in [5.74, 6) is 0. The highest BCUT2D eigenvalue weighted by atomic mass is 79.9. The number of alkyl halides is 1. The van der Waals surface area contributed by atoms with Gasteiger partial charge < -0.3 is 4.90 Å². The Bertz CT molecular complexity index is 188. The van der Waals surface area contributed by atoms with E-state index in [9.17, 15) is 0 Å². The molecule has 0 aromatic heterocycles. The van der Waals surface area contributed by atoms with Crippen molar-refractivity contribution in [3.63, 3.8) is 0 Å². The molecule has 0 bridgehead atoms. The quantitative estimate of drug-likeness (QED) is 0.695. The van der Waals surface area contributed by atoms with Gasteiger partial charge in [-0.2, -0.15) is 5.26 Å². The molecule has 0 aliphatic heterocycles. The first kappa shape index (κ1) is 11.0. The minimum Gasteiger partial charge on any atom is -0.305 e. The Morgan fingerprint density at radius 2 is 2.23 bits per heavy atom. The molecule has 0 aromatic carbocycles. The van der Waals surface area contributed by atoms with Crippen molar-refractivity contribution in [1.82, 2.24) is 4.90 Å². The van der Waals surface area contributed by atoms with E-state index in [2.05, 4.69) is 33.9 Å². The van der Waals surface area contributed by atoms with Gasteiger partial charge in [0.15, 0.2) is 0 Å². The highest BCUT2D eigenvalue weighted by Crippen LogP contribution is 2.42. The molecule has 0 amide bonds. The van der Waals surface area contributed by atoms with Crippen molar-refractivity contribution in [1.29, 1.82) is 5.26 Å². The molecule has 0 spiro atoms. The molecule has 74 valence electrons. The normalized spacial score (nSPS) is 19.5. The lowest BCUT2D eigenvalue weighted by Crippen LogP contribution is -2.42. The minimum atomic E-state index is 0.518. The van der Waals surface area contributed by atoms with Crippen LogP contribution >= 0.6 is 15.9 Å². The van der Waals surface area contributed by atoms with Crippen LogP contribution in [0.5, 0.6) is 0 Å². The average molecular weight is 245 g/mol. The lowest BCUT2D eigenvalue weighted by Gasteiger charge is -2.43.